The van der Waals surface area contributed by atoms with Crippen molar-refractivity contribution < 1.29 is 0 Å². The van der Waals surface area contributed by atoms with Crippen LogP contribution in [0, 0.1) is 41.5 Å². The van der Waals surface area contributed by atoms with E-state index in [0.29, 0.717) is 0 Å². The standard InChI is InChI=1S/C60H44/c1-33-27-35(3)52(36(4)28-33)41-23-24-42-49(31-41)44-20-14-21-46-57(44)50(42)32-51-54(39-15-9-7-10-16-39)59-48-26-25-45(53-37(5)29-34(2)30-38(53)6)43-19-13-22-47(56(43)48)60(59)55(58(46)51)40-17-11-8-12-18-40/h7-32H,1-6H3. The van der Waals surface area contributed by atoms with Crippen LogP contribution in [0.1, 0.15) is 33.4 Å². The molecule has 0 heterocycles. The van der Waals surface area contributed by atoms with E-state index in [0.717, 1.165) is 0 Å². The Balaban J connectivity index is 1.30. The highest BCUT2D eigenvalue weighted by Crippen LogP contribution is 2.55. The second kappa shape index (κ2) is 12.7. The summed E-state index contributed by atoms with van der Waals surface area (Å²) < 4.78 is 0. The number of hydrogen-bond acceptors (Lipinski definition) is 0. The number of aryl methyl sites for hydroxylation is 6. The van der Waals surface area contributed by atoms with Gasteiger partial charge in [0, 0.05) is 0 Å². The molecule has 0 atom stereocenters. The molecule has 0 aromatic heterocycles. The monoisotopic (exact) mass is 764 g/mol. The van der Waals surface area contributed by atoms with E-state index >= 15 is 0 Å². The lowest BCUT2D eigenvalue weighted by Gasteiger charge is -2.19. The average Bonchev–Trinajstić information content (AvgIpc) is 3.74. The maximum absolute atomic E-state index is 2.55. The first-order chi connectivity index (χ1) is 29.3. The predicted octanol–water partition coefficient (Wildman–Crippen LogP) is 17.2. The second-order valence-electron chi connectivity index (χ2n) is 17.5. The maximum Gasteiger partial charge on any atom is -0.000719 e. The molecule has 0 radical (unpaired) electrons. The third-order valence-electron chi connectivity index (χ3n) is 13.6. The molecule has 0 aliphatic carbocycles. The summed E-state index contributed by atoms with van der Waals surface area (Å²) in [7, 11) is 0. The topological polar surface area (TPSA) is 0 Å². The summed E-state index contributed by atoms with van der Waals surface area (Å²) >= 11 is 0. The van der Waals surface area contributed by atoms with Gasteiger partial charge in [-0.3, -0.25) is 0 Å². The minimum atomic E-state index is 1.25. The van der Waals surface area contributed by atoms with Gasteiger partial charge in [0.2, 0.25) is 0 Å². The minimum Gasteiger partial charge on any atom is -0.0622 e. The lowest BCUT2D eigenvalue weighted by molar-refractivity contribution is 1.32. The number of rotatable bonds is 4. The molecule has 0 fully saturated rings. The zero-order valence-electron chi connectivity index (χ0n) is 35.0. The minimum absolute atomic E-state index is 1.25. The number of fused-ring (bicyclic) bond motifs is 8. The molecular weight excluding hydrogens is 721 g/mol. The summed E-state index contributed by atoms with van der Waals surface area (Å²) in [4.78, 5) is 0. The van der Waals surface area contributed by atoms with Crippen molar-refractivity contribution in [1.82, 2.24) is 0 Å². The van der Waals surface area contributed by atoms with Gasteiger partial charge in [0.15, 0.2) is 0 Å². The van der Waals surface area contributed by atoms with Gasteiger partial charge in [-0.1, -0.05) is 157 Å². The Bertz CT molecular complexity index is 3690. The molecule has 12 aromatic carbocycles. The summed E-state index contributed by atoms with van der Waals surface area (Å²) in [5.41, 5.74) is 18.3. The second-order valence-corrected chi connectivity index (χ2v) is 17.5. The van der Waals surface area contributed by atoms with Crippen LogP contribution in [0.3, 0.4) is 0 Å². The van der Waals surface area contributed by atoms with Gasteiger partial charge in [-0.15, -0.1) is 0 Å². The summed E-state index contributed by atoms with van der Waals surface area (Å²) in [6.07, 6.45) is 0. The molecule has 0 aliphatic rings. The Morgan fingerprint density at radius 3 is 1.38 bits per heavy atom. The van der Waals surface area contributed by atoms with Crippen LogP contribution < -0.4 is 0 Å². The van der Waals surface area contributed by atoms with Crippen LogP contribution in [0.5, 0.6) is 0 Å². The van der Waals surface area contributed by atoms with Crippen LogP contribution in [0.25, 0.3) is 120 Å². The zero-order chi connectivity index (χ0) is 40.6. The molecule has 0 heteroatoms. The highest BCUT2D eigenvalue weighted by atomic mass is 14.3. The Kier molecular flexibility index (Phi) is 7.42. The van der Waals surface area contributed by atoms with Crippen LogP contribution in [0.15, 0.2) is 158 Å². The molecule has 12 aromatic rings. The van der Waals surface area contributed by atoms with Gasteiger partial charge in [0.1, 0.15) is 0 Å². The van der Waals surface area contributed by atoms with Crippen LogP contribution >= 0.6 is 0 Å². The van der Waals surface area contributed by atoms with E-state index in [-0.39, 0.29) is 0 Å². The van der Waals surface area contributed by atoms with Crippen LogP contribution in [0.2, 0.25) is 0 Å². The van der Waals surface area contributed by atoms with E-state index in [1.54, 1.807) is 0 Å². The fourth-order valence-corrected chi connectivity index (χ4v) is 11.7. The SMILES string of the molecule is Cc1cc(C)c(-c2ccc3c(c2)c2cccc4c5c(-c6ccccc6)c6c7cccc8c(-c9c(C)cc(C)cc9C)ccc(c6c(-c6ccccc6)c5cc3c24)c87)c(C)c1. The molecule has 60 heavy (non-hydrogen) atoms. The first-order valence-electron chi connectivity index (χ1n) is 21.3. The van der Waals surface area contributed by atoms with E-state index in [2.05, 4.69) is 199 Å². The van der Waals surface area contributed by atoms with Gasteiger partial charge in [-0.2, -0.15) is 0 Å². The molecule has 0 aliphatic heterocycles. The highest BCUT2D eigenvalue weighted by molar-refractivity contribution is 6.45. The van der Waals surface area contributed by atoms with Crippen molar-refractivity contribution in [3.8, 4) is 44.5 Å². The van der Waals surface area contributed by atoms with Crippen LogP contribution in [-0.4, -0.2) is 0 Å². The first kappa shape index (κ1) is 35.0. The number of benzene rings is 10. The number of hydrogen-bond donors (Lipinski definition) is 0. The molecule has 0 saturated carbocycles. The fourth-order valence-electron chi connectivity index (χ4n) is 11.7. The molecule has 0 N–H and O–H groups in total. The van der Waals surface area contributed by atoms with Gasteiger partial charge in [0.25, 0.3) is 0 Å². The van der Waals surface area contributed by atoms with Crippen molar-refractivity contribution in [2.24, 2.45) is 0 Å². The van der Waals surface area contributed by atoms with Gasteiger partial charge in [-0.05, 0) is 196 Å². The van der Waals surface area contributed by atoms with Crippen molar-refractivity contribution in [2.45, 2.75) is 41.5 Å². The summed E-state index contributed by atoms with van der Waals surface area (Å²) in [6, 6.07) is 60.3. The quantitative estimate of drug-likeness (QED) is 0.157. The highest BCUT2D eigenvalue weighted by Gasteiger charge is 2.27. The van der Waals surface area contributed by atoms with Crippen molar-refractivity contribution in [3.63, 3.8) is 0 Å². The lowest BCUT2D eigenvalue weighted by Crippen LogP contribution is -1.91. The third-order valence-corrected chi connectivity index (χ3v) is 13.6. The van der Waals surface area contributed by atoms with E-state index in [9.17, 15) is 0 Å². The Hall–Kier alpha value is -7.02. The summed E-state index contributed by atoms with van der Waals surface area (Å²) in [5.74, 6) is 0. The van der Waals surface area contributed by atoms with Gasteiger partial charge < -0.3 is 0 Å². The fraction of sp³-hybridized carbons (Fsp3) is 0.100. The van der Waals surface area contributed by atoms with Crippen molar-refractivity contribution in [1.29, 1.82) is 0 Å². The molecule has 0 spiro atoms. The van der Waals surface area contributed by atoms with E-state index in [4.69, 9.17) is 0 Å². The largest absolute Gasteiger partial charge is 0.0622 e. The Labute approximate surface area is 351 Å². The van der Waals surface area contributed by atoms with Gasteiger partial charge in [0.05, 0.1) is 0 Å². The first-order valence-corrected chi connectivity index (χ1v) is 21.3. The Morgan fingerprint density at radius 1 is 0.233 bits per heavy atom. The predicted molar refractivity (Wildman–Crippen MR) is 262 cm³/mol. The van der Waals surface area contributed by atoms with E-state index < -0.39 is 0 Å². The van der Waals surface area contributed by atoms with E-state index in [1.165, 1.54) is 153 Å². The van der Waals surface area contributed by atoms with Crippen LogP contribution in [-0.2, 0) is 0 Å². The van der Waals surface area contributed by atoms with Crippen molar-refractivity contribution >= 4 is 75.4 Å². The maximum atomic E-state index is 2.55. The van der Waals surface area contributed by atoms with Crippen molar-refractivity contribution in [3.05, 3.63) is 191 Å². The van der Waals surface area contributed by atoms with Crippen LogP contribution in [0.4, 0.5) is 0 Å². The molecule has 284 valence electrons. The molecular formula is C60H44. The molecule has 0 amide bonds. The Morgan fingerprint density at radius 2 is 0.733 bits per heavy atom. The summed E-state index contributed by atoms with van der Waals surface area (Å²) in [5, 5.41) is 18.6. The van der Waals surface area contributed by atoms with Gasteiger partial charge in [-0.25, -0.2) is 0 Å². The van der Waals surface area contributed by atoms with Gasteiger partial charge >= 0.3 is 0 Å². The normalized spacial score (nSPS) is 12.2. The van der Waals surface area contributed by atoms with E-state index in [1.807, 2.05) is 0 Å². The smallest absolute Gasteiger partial charge is 0.000719 e. The third kappa shape index (κ3) is 4.79. The molecule has 12 rings (SSSR count). The molecule has 0 nitrogen and oxygen atoms in total. The molecule has 0 unspecified atom stereocenters. The average molecular weight is 765 g/mol. The molecule has 0 saturated heterocycles. The zero-order valence-corrected chi connectivity index (χ0v) is 35.0. The molecule has 0 bridgehead atoms. The lowest BCUT2D eigenvalue weighted by atomic mass is 9.84. The summed E-state index contributed by atoms with van der Waals surface area (Å²) in [6.45, 7) is 13.4. The van der Waals surface area contributed by atoms with Crippen molar-refractivity contribution in [2.75, 3.05) is 0 Å².